The molecular weight excluding hydrogens is 477 g/mol. The van der Waals surface area contributed by atoms with Gasteiger partial charge in [0.15, 0.2) is 0 Å². The number of hydrogen-bond donors (Lipinski definition) is 0. The van der Waals surface area contributed by atoms with Gasteiger partial charge in [-0.2, -0.15) is 4.31 Å². The molecule has 34 heavy (non-hydrogen) atoms. The second-order valence-corrected chi connectivity index (χ2v) is 11.5. The summed E-state index contributed by atoms with van der Waals surface area (Å²) in [6.07, 6.45) is 1.96. The maximum Gasteiger partial charge on any atom is 0.244 e. The largest absolute Gasteiger partial charge is 0.348 e. The molecule has 1 unspecified atom stereocenters. The van der Waals surface area contributed by atoms with Crippen molar-refractivity contribution in [2.75, 3.05) is 13.1 Å². The molecule has 0 radical (unpaired) electrons. The van der Waals surface area contributed by atoms with E-state index >= 15 is 0 Å². The molecular formula is C25H27ClFN3O3S. The fourth-order valence-corrected chi connectivity index (χ4v) is 6.28. The van der Waals surface area contributed by atoms with Gasteiger partial charge in [-0.3, -0.25) is 4.79 Å². The standard InChI is InChI=1S/C25H27ClFN3O3S/c1-25(2,3)30(34(32,33)19-12-10-18(27)11-13-19)17-23(31)29-16-15-28-14-6-9-22(28)24(29)20-7-4-5-8-21(20)26/h4-14,24H,15-17H2,1-3H3. The molecule has 1 aliphatic rings. The number of hydrogen-bond acceptors (Lipinski definition) is 3. The lowest BCUT2D eigenvalue weighted by Gasteiger charge is -2.40. The minimum Gasteiger partial charge on any atom is -0.348 e. The summed E-state index contributed by atoms with van der Waals surface area (Å²) in [6, 6.07) is 15.4. The van der Waals surface area contributed by atoms with E-state index in [0.717, 1.165) is 23.4 Å². The number of halogens is 2. The topological polar surface area (TPSA) is 62.6 Å². The third kappa shape index (κ3) is 4.62. The van der Waals surface area contributed by atoms with Crippen molar-refractivity contribution >= 4 is 27.5 Å². The van der Waals surface area contributed by atoms with E-state index in [9.17, 15) is 17.6 Å². The van der Waals surface area contributed by atoms with E-state index in [-0.39, 0.29) is 17.3 Å². The minimum atomic E-state index is -4.06. The van der Waals surface area contributed by atoms with E-state index in [2.05, 4.69) is 4.57 Å². The van der Waals surface area contributed by atoms with E-state index in [0.29, 0.717) is 18.1 Å². The Morgan fingerprint density at radius 3 is 2.38 bits per heavy atom. The molecule has 1 aliphatic heterocycles. The summed E-state index contributed by atoms with van der Waals surface area (Å²) in [7, 11) is -4.06. The molecule has 2 heterocycles. The first-order valence-electron chi connectivity index (χ1n) is 11.0. The highest BCUT2D eigenvalue weighted by molar-refractivity contribution is 7.89. The van der Waals surface area contributed by atoms with Gasteiger partial charge in [0.05, 0.1) is 17.5 Å². The number of carbonyl (C=O) groups excluding carboxylic acids is 1. The first-order chi connectivity index (χ1) is 16.0. The maximum atomic E-state index is 13.7. The maximum absolute atomic E-state index is 13.7. The summed E-state index contributed by atoms with van der Waals surface area (Å²) in [5, 5.41) is 0.534. The molecule has 0 aliphatic carbocycles. The van der Waals surface area contributed by atoms with Crippen molar-refractivity contribution in [1.29, 1.82) is 0 Å². The van der Waals surface area contributed by atoms with Crippen molar-refractivity contribution in [3.8, 4) is 0 Å². The lowest BCUT2D eigenvalue weighted by molar-refractivity contribution is -0.134. The van der Waals surface area contributed by atoms with Crippen molar-refractivity contribution in [2.45, 2.75) is 43.8 Å². The molecule has 0 fully saturated rings. The predicted molar refractivity (Wildman–Crippen MR) is 129 cm³/mol. The smallest absolute Gasteiger partial charge is 0.244 e. The molecule has 4 rings (SSSR count). The molecule has 0 N–H and O–H groups in total. The van der Waals surface area contributed by atoms with Crippen LogP contribution in [0.2, 0.25) is 5.02 Å². The second kappa shape index (κ2) is 9.17. The quantitative estimate of drug-likeness (QED) is 0.507. The van der Waals surface area contributed by atoms with E-state index in [4.69, 9.17) is 11.6 Å². The minimum absolute atomic E-state index is 0.0631. The van der Waals surface area contributed by atoms with Gasteiger partial charge in [-0.1, -0.05) is 29.8 Å². The monoisotopic (exact) mass is 503 g/mol. The van der Waals surface area contributed by atoms with E-state index in [1.54, 1.807) is 31.7 Å². The lowest BCUT2D eigenvalue weighted by atomic mass is 9.99. The van der Waals surface area contributed by atoms with Crippen LogP contribution in [-0.4, -0.2) is 46.7 Å². The van der Waals surface area contributed by atoms with Crippen LogP contribution in [0.3, 0.4) is 0 Å². The van der Waals surface area contributed by atoms with Crippen molar-refractivity contribution in [3.05, 3.63) is 89.0 Å². The highest BCUT2D eigenvalue weighted by Gasteiger charge is 2.39. The van der Waals surface area contributed by atoms with E-state index in [1.165, 1.54) is 16.4 Å². The number of benzene rings is 2. The average Bonchev–Trinajstić information content (AvgIpc) is 3.25. The van der Waals surface area contributed by atoms with E-state index < -0.39 is 27.4 Å². The van der Waals surface area contributed by atoms with Crippen molar-refractivity contribution in [1.82, 2.24) is 13.8 Å². The number of carbonyl (C=O) groups is 1. The highest BCUT2D eigenvalue weighted by atomic mass is 35.5. The van der Waals surface area contributed by atoms with Gasteiger partial charge in [0.2, 0.25) is 15.9 Å². The third-order valence-electron chi connectivity index (χ3n) is 5.99. The normalized spacial score (nSPS) is 16.5. The summed E-state index contributed by atoms with van der Waals surface area (Å²) in [4.78, 5) is 15.3. The van der Waals surface area contributed by atoms with Crippen LogP contribution in [0.25, 0.3) is 0 Å². The van der Waals surface area contributed by atoms with Crippen LogP contribution in [0.5, 0.6) is 0 Å². The number of amides is 1. The Hall–Kier alpha value is -2.68. The van der Waals surface area contributed by atoms with Crippen LogP contribution in [0.1, 0.15) is 38.1 Å². The van der Waals surface area contributed by atoms with Gasteiger partial charge in [0, 0.05) is 35.5 Å². The lowest BCUT2D eigenvalue weighted by Crippen LogP contribution is -2.53. The van der Waals surface area contributed by atoms with Crippen molar-refractivity contribution < 1.29 is 17.6 Å². The zero-order chi connectivity index (χ0) is 24.7. The van der Waals surface area contributed by atoms with Gasteiger partial charge in [-0.15, -0.1) is 0 Å². The Labute approximate surface area is 204 Å². The van der Waals surface area contributed by atoms with Crippen LogP contribution in [0.4, 0.5) is 4.39 Å². The van der Waals surface area contributed by atoms with Crippen molar-refractivity contribution in [3.63, 3.8) is 0 Å². The molecule has 180 valence electrons. The Balaban J connectivity index is 1.71. The van der Waals surface area contributed by atoms with Gasteiger partial charge < -0.3 is 9.47 Å². The van der Waals surface area contributed by atoms with Gasteiger partial charge in [-0.25, -0.2) is 12.8 Å². The Kier molecular flexibility index (Phi) is 6.59. The van der Waals surface area contributed by atoms with Gasteiger partial charge in [-0.05, 0) is 68.8 Å². The predicted octanol–water partition coefficient (Wildman–Crippen LogP) is 4.70. The molecule has 1 atom stereocenters. The zero-order valence-electron chi connectivity index (χ0n) is 19.3. The van der Waals surface area contributed by atoms with Gasteiger partial charge >= 0.3 is 0 Å². The Bertz CT molecular complexity index is 1300. The third-order valence-corrected chi connectivity index (χ3v) is 8.46. The molecule has 0 spiro atoms. The first kappa shape index (κ1) is 24.4. The molecule has 0 bridgehead atoms. The van der Waals surface area contributed by atoms with E-state index in [1.807, 2.05) is 36.5 Å². The Morgan fingerprint density at radius 1 is 1.06 bits per heavy atom. The molecule has 0 saturated carbocycles. The highest BCUT2D eigenvalue weighted by Crippen LogP contribution is 2.36. The Morgan fingerprint density at radius 2 is 1.74 bits per heavy atom. The molecule has 1 amide bonds. The number of fused-ring (bicyclic) bond motifs is 1. The number of rotatable bonds is 5. The van der Waals surface area contributed by atoms with Crippen LogP contribution < -0.4 is 0 Å². The number of sulfonamides is 1. The van der Waals surface area contributed by atoms with Crippen LogP contribution in [0.15, 0.2) is 71.8 Å². The summed E-state index contributed by atoms with van der Waals surface area (Å²) in [5.41, 5.74) is 0.802. The fourth-order valence-electron chi connectivity index (χ4n) is 4.31. The molecule has 1 aromatic heterocycles. The molecule has 3 aromatic rings. The molecule has 6 nitrogen and oxygen atoms in total. The average molecular weight is 504 g/mol. The molecule has 9 heteroatoms. The van der Waals surface area contributed by atoms with Gasteiger partial charge in [0.1, 0.15) is 5.82 Å². The molecule has 2 aromatic carbocycles. The zero-order valence-corrected chi connectivity index (χ0v) is 20.9. The fraction of sp³-hybridized carbons (Fsp3) is 0.320. The second-order valence-electron chi connectivity index (χ2n) is 9.27. The van der Waals surface area contributed by atoms with Crippen LogP contribution in [0, 0.1) is 5.82 Å². The SMILES string of the molecule is CC(C)(C)N(CC(=O)N1CCn2cccc2C1c1ccccc1Cl)S(=O)(=O)c1ccc(F)cc1. The molecule has 0 saturated heterocycles. The summed E-state index contributed by atoms with van der Waals surface area (Å²) < 4.78 is 43.6. The first-order valence-corrected chi connectivity index (χ1v) is 12.8. The summed E-state index contributed by atoms with van der Waals surface area (Å²) in [5.74, 6) is -0.866. The summed E-state index contributed by atoms with van der Waals surface area (Å²) in [6.45, 7) is 5.84. The van der Waals surface area contributed by atoms with Crippen molar-refractivity contribution in [2.24, 2.45) is 0 Å². The number of nitrogens with zero attached hydrogens (tertiary/aromatic N) is 3. The van der Waals surface area contributed by atoms with Crippen LogP contribution >= 0.6 is 11.6 Å². The number of aromatic nitrogens is 1. The summed E-state index contributed by atoms with van der Waals surface area (Å²) >= 11 is 6.52. The van der Waals surface area contributed by atoms with Crippen LogP contribution in [-0.2, 0) is 21.4 Å². The van der Waals surface area contributed by atoms with Gasteiger partial charge in [0.25, 0.3) is 0 Å².